The van der Waals surface area contributed by atoms with E-state index in [2.05, 4.69) is 22.5 Å². The highest BCUT2D eigenvalue weighted by Gasteiger charge is 2.17. The van der Waals surface area contributed by atoms with Crippen LogP contribution in [0, 0.1) is 0 Å². The molecular formula is C15H19N3O6. The zero-order valence-electron chi connectivity index (χ0n) is 13.2. The first-order valence-electron chi connectivity index (χ1n) is 7.10. The van der Waals surface area contributed by atoms with Gasteiger partial charge in [0.25, 0.3) is 11.8 Å². The molecule has 9 heteroatoms. The highest BCUT2D eigenvalue weighted by atomic mass is 16.5. The van der Waals surface area contributed by atoms with Gasteiger partial charge in [0.15, 0.2) is 11.9 Å². The molecule has 0 bridgehead atoms. The molecule has 0 saturated carbocycles. The average Bonchev–Trinajstić information content (AvgIpc) is 3.10. The molecule has 0 saturated heterocycles. The molecule has 0 aliphatic heterocycles. The third-order valence-electron chi connectivity index (χ3n) is 2.68. The number of hydrogen-bond donors (Lipinski definition) is 3. The number of rotatable bonds is 9. The summed E-state index contributed by atoms with van der Waals surface area (Å²) in [7, 11) is 0. The van der Waals surface area contributed by atoms with Crippen molar-refractivity contribution < 1.29 is 28.3 Å². The molecule has 1 heterocycles. The second kappa shape index (κ2) is 9.82. The van der Waals surface area contributed by atoms with Crippen molar-refractivity contribution in [3.05, 3.63) is 36.8 Å². The van der Waals surface area contributed by atoms with Crippen LogP contribution in [-0.2, 0) is 19.1 Å². The summed E-state index contributed by atoms with van der Waals surface area (Å²) in [5, 5.41) is 7.05. The molecule has 1 aromatic rings. The van der Waals surface area contributed by atoms with E-state index in [0.29, 0.717) is 0 Å². The van der Waals surface area contributed by atoms with Gasteiger partial charge >= 0.3 is 5.97 Å². The fraction of sp³-hybridized carbons (Fsp3) is 0.333. The Morgan fingerprint density at radius 1 is 1.25 bits per heavy atom. The largest absolute Gasteiger partial charge is 0.459 e. The third-order valence-corrected chi connectivity index (χ3v) is 2.68. The third kappa shape index (κ3) is 6.77. The molecule has 130 valence electrons. The van der Waals surface area contributed by atoms with Crippen molar-refractivity contribution in [1.82, 2.24) is 16.0 Å². The Hall–Kier alpha value is -3.10. The van der Waals surface area contributed by atoms with Crippen molar-refractivity contribution in [1.29, 1.82) is 0 Å². The van der Waals surface area contributed by atoms with Gasteiger partial charge in [-0.15, -0.1) is 6.58 Å². The van der Waals surface area contributed by atoms with Crippen LogP contribution in [0.2, 0.25) is 0 Å². The quantitative estimate of drug-likeness (QED) is 0.406. The smallest absolute Gasteiger partial charge is 0.326 e. The lowest BCUT2D eigenvalue weighted by molar-refractivity contribution is -0.154. The number of hydrogen-bond acceptors (Lipinski definition) is 6. The second-order valence-corrected chi connectivity index (χ2v) is 4.60. The molecule has 1 rings (SSSR count). The zero-order valence-corrected chi connectivity index (χ0v) is 13.2. The van der Waals surface area contributed by atoms with Gasteiger partial charge in [-0.25, -0.2) is 0 Å². The number of carbonyl (C=O) groups excluding carboxylic acids is 4. The molecule has 3 amide bonds. The molecule has 0 aliphatic rings. The summed E-state index contributed by atoms with van der Waals surface area (Å²) in [6, 6.07) is 2.99. The Morgan fingerprint density at radius 2 is 2.00 bits per heavy atom. The summed E-state index contributed by atoms with van der Waals surface area (Å²) >= 11 is 0. The molecule has 0 aliphatic carbocycles. The minimum atomic E-state index is -0.993. The van der Waals surface area contributed by atoms with Crippen molar-refractivity contribution in [3.63, 3.8) is 0 Å². The first kappa shape index (κ1) is 18.9. The van der Waals surface area contributed by atoms with Crippen LogP contribution in [-0.4, -0.2) is 49.4 Å². The number of ether oxygens (including phenoxy) is 1. The maximum atomic E-state index is 11.5. The van der Waals surface area contributed by atoms with Gasteiger partial charge in [-0.3, -0.25) is 19.2 Å². The minimum Gasteiger partial charge on any atom is -0.459 e. The molecular weight excluding hydrogens is 318 g/mol. The summed E-state index contributed by atoms with van der Waals surface area (Å²) < 4.78 is 9.70. The van der Waals surface area contributed by atoms with Crippen LogP contribution < -0.4 is 16.0 Å². The molecule has 1 aromatic heterocycles. The molecule has 1 atom stereocenters. The van der Waals surface area contributed by atoms with E-state index < -0.39 is 36.3 Å². The monoisotopic (exact) mass is 337 g/mol. The van der Waals surface area contributed by atoms with Crippen LogP contribution in [0.1, 0.15) is 17.5 Å². The van der Waals surface area contributed by atoms with E-state index in [4.69, 9.17) is 9.15 Å². The molecule has 0 radical (unpaired) electrons. The van der Waals surface area contributed by atoms with E-state index >= 15 is 0 Å². The lowest BCUT2D eigenvalue weighted by Crippen LogP contribution is -2.41. The Balaban J connectivity index is 2.23. The molecule has 0 fully saturated rings. The van der Waals surface area contributed by atoms with Gasteiger partial charge in [-0.05, 0) is 19.1 Å². The van der Waals surface area contributed by atoms with Gasteiger partial charge in [0.1, 0.15) is 6.54 Å². The van der Waals surface area contributed by atoms with Gasteiger partial charge in [0.2, 0.25) is 5.91 Å². The van der Waals surface area contributed by atoms with Crippen molar-refractivity contribution >= 4 is 23.7 Å². The Kier molecular flexibility index (Phi) is 7.76. The van der Waals surface area contributed by atoms with E-state index in [1.807, 2.05) is 0 Å². The zero-order chi connectivity index (χ0) is 17.9. The number of esters is 1. The average molecular weight is 337 g/mol. The van der Waals surface area contributed by atoms with Gasteiger partial charge < -0.3 is 25.1 Å². The SMILES string of the molecule is C=CCNC(=O)[C@@H](C)OC(=O)CNC(=O)CNC(=O)c1ccco1. The van der Waals surface area contributed by atoms with Gasteiger partial charge in [0, 0.05) is 6.54 Å². The van der Waals surface area contributed by atoms with Crippen LogP contribution in [0.15, 0.2) is 35.5 Å². The number of furan rings is 1. The number of amides is 3. The normalized spacial score (nSPS) is 11.0. The predicted molar refractivity (Wildman–Crippen MR) is 82.8 cm³/mol. The molecule has 0 spiro atoms. The summed E-state index contributed by atoms with van der Waals surface area (Å²) in [6.07, 6.45) is 1.83. The predicted octanol–water partition coefficient (Wildman–Crippen LogP) is -0.640. The van der Waals surface area contributed by atoms with E-state index in [9.17, 15) is 19.2 Å². The van der Waals surface area contributed by atoms with Crippen LogP contribution in [0.5, 0.6) is 0 Å². The number of nitrogens with one attached hydrogen (secondary N) is 3. The van der Waals surface area contributed by atoms with Gasteiger partial charge in [-0.1, -0.05) is 6.08 Å². The standard InChI is InChI=1S/C15H19N3O6/c1-3-6-16-14(21)10(2)24-13(20)9-17-12(19)8-18-15(22)11-5-4-7-23-11/h3-5,7,10H,1,6,8-9H2,2H3,(H,16,21)(H,17,19)(H,18,22)/t10-/m1/s1. The summed E-state index contributed by atoms with van der Waals surface area (Å²) in [4.78, 5) is 46.1. The van der Waals surface area contributed by atoms with Crippen LogP contribution in [0.3, 0.4) is 0 Å². The van der Waals surface area contributed by atoms with Crippen molar-refractivity contribution in [2.24, 2.45) is 0 Å². The Morgan fingerprint density at radius 3 is 2.62 bits per heavy atom. The molecule has 0 aromatic carbocycles. The van der Waals surface area contributed by atoms with E-state index in [1.165, 1.54) is 31.4 Å². The molecule has 3 N–H and O–H groups in total. The van der Waals surface area contributed by atoms with Crippen molar-refractivity contribution in [2.75, 3.05) is 19.6 Å². The lowest BCUT2D eigenvalue weighted by atomic mass is 10.3. The first-order valence-corrected chi connectivity index (χ1v) is 7.10. The fourth-order valence-corrected chi connectivity index (χ4v) is 1.50. The van der Waals surface area contributed by atoms with Crippen molar-refractivity contribution in [2.45, 2.75) is 13.0 Å². The maximum Gasteiger partial charge on any atom is 0.326 e. The molecule has 9 nitrogen and oxygen atoms in total. The van der Waals surface area contributed by atoms with Gasteiger partial charge in [0.05, 0.1) is 12.8 Å². The molecule has 24 heavy (non-hydrogen) atoms. The summed E-state index contributed by atoms with van der Waals surface area (Å²) in [5.41, 5.74) is 0. The summed E-state index contributed by atoms with van der Waals surface area (Å²) in [5.74, 6) is -2.32. The van der Waals surface area contributed by atoms with Crippen LogP contribution in [0.4, 0.5) is 0 Å². The lowest BCUT2D eigenvalue weighted by Gasteiger charge is -2.13. The van der Waals surface area contributed by atoms with Crippen molar-refractivity contribution in [3.8, 4) is 0 Å². The minimum absolute atomic E-state index is 0.0709. The van der Waals surface area contributed by atoms with E-state index in [-0.39, 0.29) is 18.8 Å². The Labute approximate surface area is 138 Å². The van der Waals surface area contributed by atoms with Gasteiger partial charge in [-0.2, -0.15) is 0 Å². The second-order valence-electron chi connectivity index (χ2n) is 4.60. The maximum absolute atomic E-state index is 11.5. The number of carbonyl (C=O) groups is 4. The van der Waals surface area contributed by atoms with E-state index in [0.717, 1.165) is 0 Å². The topological polar surface area (TPSA) is 127 Å². The molecule has 0 unspecified atom stereocenters. The van der Waals surface area contributed by atoms with E-state index in [1.54, 1.807) is 0 Å². The summed E-state index contributed by atoms with van der Waals surface area (Å²) in [6.45, 7) is 4.35. The highest BCUT2D eigenvalue weighted by Crippen LogP contribution is 1.98. The Bertz CT molecular complexity index is 596. The first-order chi connectivity index (χ1) is 11.4. The fourth-order valence-electron chi connectivity index (χ4n) is 1.50. The highest BCUT2D eigenvalue weighted by molar-refractivity contribution is 5.94. The van der Waals surface area contributed by atoms with Crippen LogP contribution >= 0.6 is 0 Å². The van der Waals surface area contributed by atoms with Crippen LogP contribution in [0.25, 0.3) is 0 Å².